The number of aliphatic hydroxyl groups excluding tert-OH is 4. The van der Waals surface area contributed by atoms with E-state index in [-0.39, 0.29) is 41.2 Å². The summed E-state index contributed by atoms with van der Waals surface area (Å²) in [6.45, 7) is 6.99. The predicted molar refractivity (Wildman–Crippen MR) is 163 cm³/mol. The van der Waals surface area contributed by atoms with E-state index in [2.05, 4.69) is 13.8 Å². The van der Waals surface area contributed by atoms with Crippen LogP contribution in [0.25, 0.3) is 0 Å². The zero-order valence-electron chi connectivity index (χ0n) is 26.5. The van der Waals surface area contributed by atoms with E-state index in [9.17, 15) is 25.2 Å². The average Bonchev–Trinajstić information content (AvgIpc) is 2.97. The Morgan fingerprint density at radius 3 is 0.902 bits per heavy atom. The fourth-order valence-electron chi connectivity index (χ4n) is 11.5. The maximum atomic E-state index is 13.3. The monoisotopic (exact) mass is 574 g/mol. The molecule has 0 aromatic rings. The zero-order valence-corrected chi connectivity index (χ0v) is 26.5. The van der Waals surface area contributed by atoms with Gasteiger partial charge in [-0.15, -0.1) is 0 Å². The maximum Gasteiger partial charge on any atom is 0.132 e. The summed E-state index contributed by atoms with van der Waals surface area (Å²) in [4.78, 5) is 13.3. The zero-order chi connectivity index (χ0) is 29.4. The van der Waals surface area contributed by atoms with Gasteiger partial charge in [0.1, 0.15) is 5.78 Å². The van der Waals surface area contributed by atoms with Gasteiger partial charge in [0.15, 0.2) is 0 Å². The lowest BCUT2D eigenvalue weighted by atomic mass is 9.46. The Morgan fingerprint density at radius 2 is 0.683 bits per heavy atom. The molecule has 5 aliphatic rings. The van der Waals surface area contributed by atoms with Crippen molar-refractivity contribution in [3.8, 4) is 0 Å². The highest BCUT2D eigenvalue weighted by molar-refractivity contribution is 5.78. The van der Waals surface area contributed by atoms with E-state index in [0.717, 1.165) is 116 Å². The summed E-state index contributed by atoms with van der Waals surface area (Å²) in [6, 6.07) is 0. The van der Waals surface area contributed by atoms with Crippen molar-refractivity contribution in [3.63, 3.8) is 0 Å². The highest BCUT2D eigenvalue weighted by atomic mass is 16.3. The van der Waals surface area contributed by atoms with E-state index >= 15 is 0 Å². The molecule has 0 aromatic heterocycles. The molecule has 4 N–H and O–H groups in total. The molecule has 5 rings (SSSR count). The smallest absolute Gasteiger partial charge is 0.132 e. The van der Waals surface area contributed by atoms with Crippen LogP contribution in [0.3, 0.4) is 0 Å². The molecular formula is C36H62O5. The third kappa shape index (κ3) is 6.64. The molecule has 0 bridgehead atoms. The molecular weight excluding hydrogens is 512 g/mol. The number of Topliss-reactive ketones (excluding diaryl/α,β-unsaturated/α-hetero) is 1. The second-order valence-corrected chi connectivity index (χ2v) is 16.2. The van der Waals surface area contributed by atoms with Crippen molar-refractivity contribution in [1.29, 1.82) is 0 Å². The lowest BCUT2D eigenvalue weighted by Gasteiger charge is -2.59. The van der Waals surface area contributed by atoms with Gasteiger partial charge in [-0.3, -0.25) is 4.79 Å². The Bertz CT molecular complexity index is 734. The molecule has 0 radical (unpaired) electrons. The van der Waals surface area contributed by atoms with Gasteiger partial charge in [-0.05, 0) is 175 Å². The van der Waals surface area contributed by atoms with Crippen molar-refractivity contribution in [2.75, 3.05) is 0 Å². The second kappa shape index (κ2) is 13.2. The largest absolute Gasteiger partial charge is 0.393 e. The van der Waals surface area contributed by atoms with Crippen LogP contribution in [0.1, 0.15) is 143 Å². The number of aliphatic hydroxyl groups is 4. The van der Waals surface area contributed by atoms with Crippen LogP contribution in [0.2, 0.25) is 0 Å². The van der Waals surface area contributed by atoms with Gasteiger partial charge in [0, 0.05) is 5.92 Å². The van der Waals surface area contributed by atoms with Crippen LogP contribution in [0, 0.1) is 52.3 Å². The first-order chi connectivity index (χ1) is 19.5. The molecule has 5 nitrogen and oxygen atoms in total. The lowest BCUT2D eigenvalue weighted by molar-refractivity contribution is -0.134. The predicted octanol–water partition coefficient (Wildman–Crippen LogP) is 6.82. The van der Waals surface area contributed by atoms with Crippen molar-refractivity contribution >= 4 is 5.78 Å². The minimum atomic E-state index is -0.167. The Labute approximate surface area is 250 Å². The third-order valence-electron chi connectivity index (χ3n) is 14.3. The third-order valence-corrected chi connectivity index (χ3v) is 14.3. The normalized spacial score (nSPS) is 45.8. The molecule has 5 saturated carbocycles. The summed E-state index contributed by atoms with van der Waals surface area (Å²) in [5.41, 5.74) is 0.248. The molecule has 0 aliphatic heterocycles. The van der Waals surface area contributed by atoms with Gasteiger partial charge in [-0.1, -0.05) is 13.8 Å². The second-order valence-electron chi connectivity index (χ2n) is 16.2. The Morgan fingerprint density at radius 1 is 0.439 bits per heavy atom. The van der Waals surface area contributed by atoms with E-state index in [4.69, 9.17) is 0 Å². The molecule has 2 atom stereocenters. The van der Waals surface area contributed by atoms with Crippen LogP contribution in [-0.2, 0) is 4.79 Å². The fraction of sp³-hybridized carbons (Fsp3) is 0.972. The van der Waals surface area contributed by atoms with Gasteiger partial charge in [0.05, 0.1) is 24.4 Å². The topological polar surface area (TPSA) is 98.0 Å². The van der Waals surface area contributed by atoms with Crippen LogP contribution >= 0.6 is 0 Å². The summed E-state index contributed by atoms with van der Waals surface area (Å²) in [7, 11) is 0. The van der Waals surface area contributed by atoms with Crippen LogP contribution < -0.4 is 0 Å². The summed E-state index contributed by atoms with van der Waals surface area (Å²) in [5.74, 6) is 3.74. The van der Waals surface area contributed by atoms with Crippen LogP contribution in [-0.4, -0.2) is 50.6 Å². The Hall–Kier alpha value is -0.490. The van der Waals surface area contributed by atoms with Gasteiger partial charge in [0.25, 0.3) is 0 Å². The standard InChI is InChI=1S/C36H62O5/c1-23(37)24-20-29(35(2,25-4-12-31(38)13-5-25)26-6-14-32(39)15-7-26)22-30(21-24)36(3,27-8-16-33(40)17-9-27)28-10-18-34(41)19-11-28/h24-34,38-41H,4-22H2,1-3H3. The molecule has 0 saturated heterocycles. The van der Waals surface area contributed by atoms with E-state index in [0.29, 0.717) is 41.3 Å². The fourth-order valence-corrected chi connectivity index (χ4v) is 11.5. The van der Waals surface area contributed by atoms with Crippen molar-refractivity contribution in [3.05, 3.63) is 0 Å². The minimum Gasteiger partial charge on any atom is -0.393 e. The first kappa shape index (κ1) is 31.9. The lowest BCUT2D eigenvalue weighted by Crippen LogP contribution is -2.52. The molecule has 0 heterocycles. The van der Waals surface area contributed by atoms with Gasteiger partial charge in [-0.2, -0.15) is 0 Å². The molecule has 5 fully saturated rings. The number of rotatable bonds is 7. The molecule has 0 amide bonds. The first-order valence-corrected chi connectivity index (χ1v) is 17.7. The molecule has 2 unspecified atom stereocenters. The number of carbonyl (C=O) groups excluding carboxylic acids is 1. The van der Waals surface area contributed by atoms with E-state index in [1.54, 1.807) is 0 Å². The average molecular weight is 575 g/mol. The van der Waals surface area contributed by atoms with E-state index < -0.39 is 0 Å². The number of ketones is 1. The SMILES string of the molecule is CC(=O)C1CC(C(C)(C2CCC(O)CC2)C2CCC(O)CC2)CC(C(C)(C2CCC(O)CC2)C2CCC(O)CC2)C1. The molecule has 236 valence electrons. The molecule has 0 spiro atoms. The van der Waals surface area contributed by atoms with Crippen molar-refractivity contribution < 1.29 is 25.2 Å². The maximum absolute atomic E-state index is 13.3. The first-order valence-electron chi connectivity index (χ1n) is 17.7. The van der Waals surface area contributed by atoms with Gasteiger partial charge >= 0.3 is 0 Å². The van der Waals surface area contributed by atoms with Crippen LogP contribution in [0.4, 0.5) is 0 Å². The van der Waals surface area contributed by atoms with Crippen molar-refractivity contribution in [1.82, 2.24) is 0 Å². The minimum absolute atomic E-state index is 0.115. The van der Waals surface area contributed by atoms with Crippen LogP contribution in [0.15, 0.2) is 0 Å². The highest BCUT2D eigenvalue weighted by Crippen LogP contribution is 2.63. The molecule has 5 aliphatic carbocycles. The number of hydrogen-bond acceptors (Lipinski definition) is 5. The highest BCUT2D eigenvalue weighted by Gasteiger charge is 2.55. The summed E-state index contributed by atoms with van der Waals surface area (Å²) in [5, 5.41) is 41.7. The van der Waals surface area contributed by atoms with Crippen molar-refractivity contribution in [2.24, 2.45) is 52.3 Å². The molecule has 5 heteroatoms. The Balaban J connectivity index is 1.50. The van der Waals surface area contributed by atoms with Gasteiger partial charge in [0.2, 0.25) is 0 Å². The number of carbonyl (C=O) groups is 1. The summed E-state index contributed by atoms with van der Waals surface area (Å²) >= 11 is 0. The van der Waals surface area contributed by atoms with Gasteiger partial charge < -0.3 is 20.4 Å². The number of hydrogen-bond donors (Lipinski definition) is 4. The molecule has 0 aromatic carbocycles. The Kier molecular flexibility index (Phi) is 10.3. The van der Waals surface area contributed by atoms with E-state index in [1.807, 2.05) is 6.92 Å². The quantitative estimate of drug-likeness (QED) is 0.267. The summed E-state index contributed by atoms with van der Waals surface area (Å²) in [6.07, 6.45) is 18.4. The van der Waals surface area contributed by atoms with Gasteiger partial charge in [-0.25, -0.2) is 0 Å². The summed E-state index contributed by atoms with van der Waals surface area (Å²) < 4.78 is 0. The van der Waals surface area contributed by atoms with E-state index in [1.165, 1.54) is 6.42 Å². The molecule has 41 heavy (non-hydrogen) atoms. The van der Waals surface area contributed by atoms with Crippen molar-refractivity contribution in [2.45, 2.75) is 167 Å². The van der Waals surface area contributed by atoms with Crippen LogP contribution in [0.5, 0.6) is 0 Å².